The van der Waals surface area contributed by atoms with Crippen LogP contribution in [0.25, 0.3) is 0 Å². The zero-order valence-electron chi connectivity index (χ0n) is 13.8. The average Bonchev–Trinajstić information content (AvgIpc) is 3.24. The summed E-state index contributed by atoms with van der Waals surface area (Å²) >= 11 is 1.60. The summed E-state index contributed by atoms with van der Waals surface area (Å²) in [6.07, 6.45) is 3.65. The Morgan fingerprint density at radius 3 is 2.83 bits per heavy atom. The van der Waals surface area contributed by atoms with Gasteiger partial charge in [0.15, 0.2) is 6.10 Å². The second kappa shape index (κ2) is 8.03. The molecule has 2 fully saturated rings. The van der Waals surface area contributed by atoms with E-state index in [4.69, 9.17) is 9.47 Å². The number of hydrogen-bond acceptors (Lipinski definition) is 5. The van der Waals surface area contributed by atoms with Crippen LogP contribution in [0.3, 0.4) is 0 Å². The number of nitrogens with one attached hydrogen (secondary N) is 1. The van der Waals surface area contributed by atoms with Crippen molar-refractivity contribution in [3.05, 3.63) is 29.8 Å². The van der Waals surface area contributed by atoms with Crippen LogP contribution in [0, 0.1) is 0 Å². The van der Waals surface area contributed by atoms with Crippen molar-refractivity contribution >= 4 is 23.6 Å². The van der Waals surface area contributed by atoms with Crippen LogP contribution in [-0.4, -0.2) is 42.5 Å². The van der Waals surface area contributed by atoms with Crippen molar-refractivity contribution in [2.45, 2.75) is 55.8 Å². The molecule has 1 aromatic carbocycles. The number of benzene rings is 1. The molecular weight excluding hydrogens is 326 g/mol. The quantitative estimate of drug-likeness (QED) is 0.606. The molecule has 1 amide bonds. The number of ether oxygens (including phenoxy) is 2. The zero-order chi connectivity index (χ0) is 16.9. The average molecular weight is 349 g/mol. The lowest BCUT2D eigenvalue weighted by Gasteiger charge is -2.15. The molecule has 0 unspecified atom stereocenters. The topological polar surface area (TPSA) is 64.6 Å². The van der Waals surface area contributed by atoms with Gasteiger partial charge in [-0.05, 0) is 44.7 Å². The predicted octanol–water partition coefficient (Wildman–Crippen LogP) is 2.78. The Balaban J connectivity index is 1.57. The van der Waals surface area contributed by atoms with Gasteiger partial charge in [-0.2, -0.15) is 0 Å². The SMILES string of the molecule is C[C@@H](OC(=O)c1ccccc1SC[C@@H]1CCCO1)C(=O)NC1CC1. The van der Waals surface area contributed by atoms with Crippen LogP contribution in [0.5, 0.6) is 0 Å². The summed E-state index contributed by atoms with van der Waals surface area (Å²) in [5.74, 6) is 0.140. The fourth-order valence-electron chi connectivity index (χ4n) is 2.54. The van der Waals surface area contributed by atoms with Crippen molar-refractivity contribution < 1.29 is 19.1 Å². The molecule has 1 aromatic rings. The van der Waals surface area contributed by atoms with Crippen LogP contribution in [0.2, 0.25) is 0 Å². The summed E-state index contributed by atoms with van der Waals surface area (Å²) in [7, 11) is 0. The minimum atomic E-state index is -0.783. The van der Waals surface area contributed by atoms with Crippen molar-refractivity contribution in [1.82, 2.24) is 5.32 Å². The Bertz CT molecular complexity index is 596. The van der Waals surface area contributed by atoms with E-state index in [2.05, 4.69) is 5.32 Å². The third-order valence-corrected chi connectivity index (χ3v) is 5.34. The standard InChI is InChI=1S/C18H23NO4S/c1-12(17(20)19-13-8-9-13)23-18(21)15-6-2-3-7-16(15)24-11-14-5-4-10-22-14/h2-3,6-7,12-14H,4-5,8-11H2,1H3,(H,19,20)/t12-,14+/m1/s1. The molecule has 1 saturated carbocycles. The van der Waals surface area contributed by atoms with Crippen molar-refractivity contribution in [2.24, 2.45) is 0 Å². The minimum Gasteiger partial charge on any atom is -0.449 e. The predicted molar refractivity (Wildman–Crippen MR) is 92.2 cm³/mol. The Labute approximate surface area is 146 Å². The number of amides is 1. The van der Waals surface area contributed by atoms with E-state index in [1.165, 1.54) is 0 Å². The number of thioether (sulfide) groups is 1. The Kier molecular flexibility index (Phi) is 5.79. The lowest BCUT2D eigenvalue weighted by Crippen LogP contribution is -2.37. The molecule has 24 heavy (non-hydrogen) atoms. The van der Waals surface area contributed by atoms with E-state index < -0.39 is 12.1 Å². The fraction of sp³-hybridized carbons (Fsp3) is 0.556. The maximum absolute atomic E-state index is 12.4. The van der Waals surface area contributed by atoms with Crippen LogP contribution in [0.15, 0.2) is 29.2 Å². The van der Waals surface area contributed by atoms with Gasteiger partial charge in [-0.25, -0.2) is 4.79 Å². The van der Waals surface area contributed by atoms with E-state index in [1.54, 1.807) is 24.8 Å². The second-order valence-electron chi connectivity index (χ2n) is 6.27. The normalized spacial score (nSPS) is 21.3. The van der Waals surface area contributed by atoms with Crippen LogP contribution >= 0.6 is 11.8 Å². The van der Waals surface area contributed by atoms with E-state index in [1.807, 2.05) is 18.2 Å². The van der Waals surface area contributed by atoms with Gasteiger partial charge in [0.25, 0.3) is 5.91 Å². The second-order valence-corrected chi connectivity index (χ2v) is 7.33. The van der Waals surface area contributed by atoms with E-state index in [0.29, 0.717) is 5.56 Å². The summed E-state index contributed by atoms with van der Waals surface area (Å²) in [6.45, 7) is 2.43. The lowest BCUT2D eigenvalue weighted by molar-refractivity contribution is -0.129. The number of carbonyl (C=O) groups excluding carboxylic acids is 2. The van der Waals surface area contributed by atoms with Gasteiger partial charge < -0.3 is 14.8 Å². The summed E-state index contributed by atoms with van der Waals surface area (Å²) in [6, 6.07) is 7.61. The number of hydrogen-bond donors (Lipinski definition) is 1. The molecule has 1 saturated heterocycles. The van der Waals surface area contributed by atoms with Crippen molar-refractivity contribution in [3.8, 4) is 0 Å². The van der Waals surface area contributed by atoms with Gasteiger partial charge in [0.2, 0.25) is 0 Å². The highest BCUT2D eigenvalue weighted by Crippen LogP contribution is 2.27. The highest BCUT2D eigenvalue weighted by Gasteiger charge is 2.28. The van der Waals surface area contributed by atoms with Crippen LogP contribution in [-0.2, 0) is 14.3 Å². The van der Waals surface area contributed by atoms with Gasteiger partial charge >= 0.3 is 5.97 Å². The summed E-state index contributed by atoms with van der Waals surface area (Å²) in [5.41, 5.74) is 0.506. The molecule has 1 aliphatic heterocycles. The van der Waals surface area contributed by atoms with E-state index in [9.17, 15) is 9.59 Å². The Morgan fingerprint density at radius 2 is 2.12 bits per heavy atom. The van der Waals surface area contributed by atoms with Gasteiger partial charge in [-0.15, -0.1) is 11.8 Å². The third-order valence-electron chi connectivity index (χ3n) is 4.13. The molecule has 0 radical (unpaired) electrons. The summed E-state index contributed by atoms with van der Waals surface area (Å²) in [4.78, 5) is 25.2. The molecule has 1 N–H and O–H groups in total. The van der Waals surface area contributed by atoms with Gasteiger partial charge in [-0.1, -0.05) is 12.1 Å². The smallest absolute Gasteiger partial charge is 0.340 e. The first-order valence-electron chi connectivity index (χ1n) is 8.48. The first-order valence-corrected chi connectivity index (χ1v) is 9.47. The van der Waals surface area contributed by atoms with E-state index in [-0.39, 0.29) is 18.1 Å². The first kappa shape index (κ1) is 17.3. The zero-order valence-corrected chi connectivity index (χ0v) is 14.6. The monoisotopic (exact) mass is 349 g/mol. The highest BCUT2D eigenvalue weighted by molar-refractivity contribution is 7.99. The van der Waals surface area contributed by atoms with Crippen molar-refractivity contribution in [1.29, 1.82) is 0 Å². The number of carbonyl (C=O) groups is 2. The third kappa shape index (κ3) is 4.74. The van der Waals surface area contributed by atoms with Crippen molar-refractivity contribution in [3.63, 3.8) is 0 Å². The van der Waals surface area contributed by atoms with Crippen LogP contribution < -0.4 is 5.32 Å². The molecule has 0 bridgehead atoms. The van der Waals surface area contributed by atoms with Gasteiger partial charge in [0.1, 0.15) is 0 Å². The molecule has 2 aliphatic rings. The largest absolute Gasteiger partial charge is 0.449 e. The van der Waals surface area contributed by atoms with Crippen molar-refractivity contribution in [2.75, 3.05) is 12.4 Å². The van der Waals surface area contributed by atoms with Crippen LogP contribution in [0.1, 0.15) is 43.0 Å². The molecular formula is C18H23NO4S. The molecule has 1 heterocycles. The van der Waals surface area contributed by atoms with E-state index in [0.717, 1.165) is 42.9 Å². The summed E-state index contributed by atoms with van der Waals surface area (Å²) in [5, 5.41) is 2.85. The van der Waals surface area contributed by atoms with Crippen LogP contribution in [0.4, 0.5) is 0 Å². The summed E-state index contributed by atoms with van der Waals surface area (Å²) < 4.78 is 11.0. The molecule has 6 heteroatoms. The number of esters is 1. The maximum Gasteiger partial charge on any atom is 0.340 e. The van der Waals surface area contributed by atoms with Gasteiger partial charge in [0, 0.05) is 23.3 Å². The molecule has 5 nitrogen and oxygen atoms in total. The number of rotatable bonds is 7. The molecule has 3 rings (SSSR count). The Hall–Kier alpha value is -1.53. The fourth-order valence-corrected chi connectivity index (χ4v) is 3.65. The molecule has 130 valence electrons. The molecule has 0 aromatic heterocycles. The van der Waals surface area contributed by atoms with Gasteiger partial charge in [-0.3, -0.25) is 4.79 Å². The highest BCUT2D eigenvalue weighted by atomic mass is 32.2. The lowest BCUT2D eigenvalue weighted by atomic mass is 10.2. The van der Waals surface area contributed by atoms with E-state index >= 15 is 0 Å². The first-order chi connectivity index (χ1) is 11.6. The molecule has 1 aliphatic carbocycles. The Morgan fingerprint density at radius 1 is 1.33 bits per heavy atom. The minimum absolute atomic E-state index is 0.227. The molecule has 0 spiro atoms. The maximum atomic E-state index is 12.4. The molecule has 2 atom stereocenters. The van der Waals surface area contributed by atoms with Gasteiger partial charge in [0.05, 0.1) is 11.7 Å².